The lowest BCUT2D eigenvalue weighted by molar-refractivity contribution is 0.0947. The van der Waals surface area contributed by atoms with Crippen molar-refractivity contribution in [3.63, 3.8) is 0 Å². The summed E-state index contributed by atoms with van der Waals surface area (Å²) in [6.07, 6.45) is 0. The van der Waals surface area contributed by atoms with Gasteiger partial charge in [-0.1, -0.05) is 66.3 Å². The molecular formula is C15H13ClN2OS. The van der Waals surface area contributed by atoms with Crippen LogP contribution in [0, 0.1) is 0 Å². The first-order chi connectivity index (χ1) is 9.59. The summed E-state index contributed by atoms with van der Waals surface area (Å²) >= 11 is 11.0. The Morgan fingerprint density at radius 2 is 1.70 bits per heavy atom. The molecule has 1 unspecified atom stereocenters. The van der Waals surface area contributed by atoms with E-state index in [1.807, 2.05) is 30.3 Å². The van der Waals surface area contributed by atoms with Gasteiger partial charge in [-0.25, -0.2) is 0 Å². The average Bonchev–Trinajstić information content (AvgIpc) is 2.45. The average molecular weight is 305 g/mol. The first kappa shape index (κ1) is 14.5. The van der Waals surface area contributed by atoms with Crippen LogP contribution in [0.2, 0.25) is 5.02 Å². The smallest absolute Gasteiger partial charge is 0.253 e. The molecule has 3 nitrogen and oxygen atoms in total. The number of rotatable bonds is 4. The number of benzene rings is 2. The molecule has 0 aliphatic rings. The highest BCUT2D eigenvalue weighted by Gasteiger charge is 2.19. The molecule has 2 aromatic rings. The van der Waals surface area contributed by atoms with Crippen LogP contribution in [0.25, 0.3) is 0 Å². The van der Waals surface area contributed by atoms with Crippen LogP contribution < -0.4 is 11.1 Å². The van der Waals surface area contributed by atoms with Crippen LogP contribution in [0.15, 0.2) is 54.6 Å². The van der Waals surface area contributed by atoms with Gasteiger partial charge in [0.15, 0.2) is 0 Å². The molecule has 1 atom stereocenters. The number of nitrogens with two attached hydrogens (primary N) is 1. The molecule has 2 rings (SSSR count). The van der Waals surface area contributed by atoms with Crippen LogP contribution >= 0.6 is 23.8 Å². The second-order valence-corrected chi connectivity index (χ2v) is 5.08. The van der Waals surface area contributed by atoms with E-state index >= 15 is 0 Å². The zero-order chi connectivity index (χ0) is 14.5. The molecule has 0 aromatic heterocycles. The maximum absolute atomic E-state index is 12.2. The molecule has 0 aliphatic heterocycles. The van der Waals surface area contributed by atoms with Gasteiger partial charge >= 0.3 is 0 Å². The molecular weight excluding hydrogens is 292 g/mol. The van der Waals surface area contributed by atoms with Gasteiger partial charge in [0.25, 0.3) is 5.91 Å². The zero-order valence-electron chi connectivity index (χ0n) is 10.5. The van der Waals surface area contributed by atoms with E-state index < -0.39 is 6.04 Å². The molecule has 0 spiro atoms. The van der Waals surface area contributed by atoms with Crippen LogP contribution in [0.1, 0.15) is 22.0 Å². The van der Waals surface area contributed by atoms with E-state index in [0.717, 1.165) is 5.56 Å². The summed E-state index contributed by atoms with van der Waals surface area (Å²) in [6.45, 7) is 0. The molecule has 102 valence electrons. The van der Waals surface area contributed by atoms with E-state index in [2.05, 4.69) is 5.32 Å². The normalized spacial score (nSPS) is 11.7. The van der Waals surface area contributed by atoms with Crippen molar-refractivity contribution in [1.29, 1.82) is 0 Å². The summed E-state index contributed by atoms with van der Waals surface area (Å²) in [5, 5.41) is 3.19. The summed E-state index contributed by atoms with van der Waals surface area (Å²) in [7, 11) is 0. The third-order valence-electron chi connectivity index (χ3n) is 2.81. The Morgan fingerprint density at radius 1 is 1.10 bits per heavy atom. The minimum absolute atomic E-state index is 0.205. The summed E-state index contributed by atoms with van der Waals surface area (Å²) in [6, 6.07) is 15.6. The fourth-order valence-corrected chi connectivity index (χ4v) is 2.23. The van der Waals surface area contributed by atoms with Crippen molar-refractivity contribution in [2.75, 3.05) is 0 Å². The fourth-order valence-electron chi connectivity index (χ4n) is 1.82. The first-order valence-electron chi connectivity index (χ1n) is 5.99. The van der Waals surface area contributed by atoms with Gasteiger partial charge in [-0.05, 0) is 17.7 Å². The Balaban J connectivity index is 2.24. The van der Waals surface area contributed by atoms with E-state index in [0.29, 0.717) is 10.6 Å². The number of carbonyl (C=O) groups is 1. The van der Waals surface area contributed by atoms with Crippen LogP contribution in [-0.4, -0.2) is 10.9 Å². The third-order valence-corrected chi connectivity index (χ3v) is 3.38. The van der Waals surface area contributed by atoms with Gasteiger partial charge in [-0.15, -0.1) is 0 Å². The molecule has 0 saturated heterocycles. The summed E-state index contributed by atoms with van der Waals surface area (Å²) in [5.74, 6) is -0.308. The van der Waals surface area contributed by atoms with E-state index in [9.17, 15) is 4.79 Å². The monoisotopic (exact) mass is 304 g/mol. The number of nitrogens with one attached hydrogen (secondary N) is 1. The van der Waals surface area contributed by atoms with Crippen molar-refractivity contribution in [3.05, 3.63) is 70.7 Å². The van der Waals surface area contributed by atoms with Gasteiger partial charge < -0.3 is 11.1 Å². The summed E-state index contributed by atoms with van der Waals surface area (Å²) in [4.78, 5) is 12.4. The number of halogens is 1. The molecule has 0 heterocycles. The molecule has 20 heavy (non-hydrogen) atoms. The van der Waals surface area contributed by atoms with E-state index in [-0.39, 0.29) is 10.9 Å². The van der Waals surface area contributed by atoms with Crippen LogP contribution in [0.4, 0.5) is 0 Å². The van der Waals surface area contributed by atoms with Crippen molar-refractivity contribution in [2.24, 2.45) is 5.73 Å². The lowest BCUT2D eigenvalue weighted by Gasteiger charge is -2.18. The quantitative estimate of drug-likeness (QED) is 0.853. The van der Waals surface area contributed by atoms with E-state index in [1.54, 1.807) is 24.3 Å². The molecule has 1 amide bonds. The van der Waals surface area contributed by atoms with E-state index in [4.69, 9.17) is 29.6 Å². The largest absolute Gasteiger partial charge is 0.391 e. The van der Waals surface area contributed by atoms with Crippen molar-refractivity contribution < 1.29 is 4.79 Å². The predicted molar refractivity (Wildman–Crippen MR) is 84.9 cm³/mol. The lowest BCUT2D eigenvalue weighted by Crippen LogP contribution is -2.36. The van der Waals surface area contributed by atoms with Crippen molar-refractivity contribution in [1.82, 2.24) is 5.32 Å². The van der Waals surface area contributed by atoms with Gasteiger partial charge in [-0.3, -0.25) is 4.79 Å². The number of amides is 1. The van der Waals surface area contributed by atoms with Gasteiger partial charge in [0, 0.05) is 0 Å². The number of hydrogen-bond donors (Lipinski definition) is 2. The van der Waals surface area contributed by atoms with Crippen molar-refractivity contribution in [3.8, 4) is 0 Å². The van der Waals surface area contributed by atoms with Gasteiger partial charge in [0.05, 0.1) is 10.6 Å². The van der Waals surface area contributed by atoms with Crippen LogP contribution in [-0.2, 0) is 0 Å². The summed E-state index contributed by atoms with van der Waals surface area (Å²) < 4.78 is 0. The molecule has 2 aromatic carbocycles. The maximum Gasteiger partial charge on any atom is 0.253 e. The van der Waals surface area contributed by atoms with Gasteiger partial charge in [0.1, 0.15) is 11.0 Å². The Kier molecular flexibility index (Phi) is 4.71. The predicted octanol–water partition coefficient (Wildman–Crippen LogP) is 3.10. The minimum atomic E-state index is -0.519. The molecule has 0 fully saturated rings. The Bertz CT molecular complexity index is 631. The maximum atomic E-state index is 12.2. The highest BCUT2D eigenvalue weighted by Crippen LogP contribution is 2.18. The zero-order valence-corrected chi connectivity index (χ0v) is 12.1. The number of hydrogen-bond acceptors (Lipinski definition) is 2. The van der Waals surface area contributed by atoms with Crippen molar-refractivity contribution in [2.45, 2.75) is 6.04 Å². The lowest BCUT2D eigenvalue weighted by atomic mass is 10.1. The van der Waals surface area contributed by atoms with Crippen LogP contribution in [0.3, 0.4) is 0 Å². The molecule has 3 N–H and O–H groups in total. The molecule has 0 radical (unpaired) electrons. The van der Waals surface area contributed by atoms with Gasteiger partial charge in [-0.2, -0.15) is 0 Å². The Morgan fingerprint density at radius 3 is 2.30 bits per heavy atom. The van der Waals surface area contributed by atoms with Crippen LogP contribution in [0.5, 0.6) is 0 Å². The molecule has 0 bridgehead atoms. The highest BCUT2D eigenvalue weighted by atomic mass is 35.5. The molecule has 0 saturated carbocycles. The minimum Gasteiger partial charge on any atom is -0.391 e. The number of thiocarbonyl (C=S) groups is 1. The Hall–Kier alpha value is -1.91. The molecule has 0 aliphatic carbocycles. The second-order valence-electron chi connectivity index (χ2n) is 4.20. The van der Waals surface area contributed by atoms with Crippen molar-refractivity contribution >= 4 is 34.7 Å². The first-order valence-corrected chi connectivity index (χ1v) is 6.78. The van der Waals surface area contributed by atoms with Gasteiger partial charge in [0.2, 0.25) is 0 Å². The fraction of sp³-hybridized carbons (Fsp3) is 0.0667. The molecule has 5 heteroatoms. The topological polar surface area (TPSA) is 55.1 Å². The SMILES string of the molecule is NC(=S)C(NC(=O)c1ccccc1Cl)c1ccccc1. The standard InChI is InChI=1S/C15H13ClN2OS/c16-12-9-5-4-8-11(12)15(19)18-13(14(17)20)10-6-2-1-3-7-10/h1-9,13H,(H2,17,20)(H,18,19). The summed E-state index contributed by atoms with van der Waals surface area (Å²) in [5.41, 5.74) is 6.95. The second kappa shape index (κ2) is 6.50. The van der Waals surface area contributed by atoms with E-state index in [1.165, 1.54) is 0 Å². The third kappa shape index (κ3) is 3.35. The Labute approximate surface area is 127 Å². The number of carbonyl (C=O) groups excluding carboxylic acids is 1. The highest BCUT2D eigenvalue weighted by molar-refractivity contribution is 7.80.